The van der Waals surface area contributed by atoms with Crippen LogP contribution in [0.5, 0.6) is 0 Å². The maximum atomic E-state index is 12.4. The van der Waals surface area contributed by atoms with E-state index in [-0.39, 0.29) is 5.91 Å². The molecule has 0 saturated carbocycles. The van der Waals surface area contributed by atoms with Crippen molar-refractivity contribution in [3.05, 3.63) is 29.5 Å². The molecule has 1 aliphatic rings. The van der Waals surface area contributed by atoms with Gasteiger partial charge in [-0.3, -0.25) is 4.79 Å². The van der Waals surface area contributed by atoms with E-state index in [0.29, 0.717) is 10.7 Å². The molecular weight excluding hydrogens is 292 g/mol. The molecule has 8 heteroatoms. The van der Waals surface area contributed by atoms with Gasteiger partial charge in [-0.05, 0) is 54.9 Å². The van der Waals surface area contributed by atoms with Gasteiger partial charge in [0.1, 0.15) is 6.33 Å². The summed E-state index contributed by atoms with van der Waals surface area (Å²) < 4.78 is 1.50. The summed E-state index contributed by atoms with van der Waals surface area (Å²) in [6.45, 7) is 2.75. The van der Waals surface area contributed by atoms with Crippen molar-refractivity contribution >= 4 is 23.2 Å². The van der Waals surface area contributed by atoms with Crippen molar-refractivity contribution in [2.24, 2.45) is 0 Å². The largest absolute Gasteiger partial charge is 0.323 e. The maximum Gasteiger partial charge on any atom is 0.244 e. The molecule has 1 amide bonds. The number of rotatable bonds is 3. The summed E-state index contributed by atoms with van der Waals surface area (Å²) in [5.41, 5.74) is 0.725. The molecule has 0 bridgehead atoms. The molecular formula is C13H15ClN6O. The van der Waals surface area contributed by atoms with Gasteiger partial charge in [-0.1, -0.05) is 11.6 Å². The average Bonchev–Trinajstić information content (AvgIpc) is 3.13. The highest BCUT2D eigenvalue weighted by molar-refractivity contribution is 6.33. The number of halogens is 1. The monoisotopic (exact) mass is 306 g/mol. The molecule has 1 aromatic heterocycles. The predicted molar refractivity (Wildman–Crippen MR) is 78.4 cm³/mol. The van der Waals surface area contributed by atoms with E-state index in [2.05, 4.69) is 26.2 Å². The minimum atomic E-state index is -0.547. The minimum Gasteiger partial charge on any atom is -0.323 e. The van der Waals surface area contributed by atoms with Crippen LogP contribution in [0.4, 0.5) is 5.69 Å². The lowest BCUT2D eigenvalue weighted by Gasteiger charge is -2.23. The van der Waals surface area contributed by atoms with Crippen LogP contribution in [0.2, 0.25) is 5.02 Å². The molecule has 110 valence electrons. The summed E-state index contributed by atoms with van der Waals surface area (Å²) >= 11 is 6.16. The minimum absolute atomic E-state index is 0.0873. The van der Waals surface area contributed by atoms with Gasteiger partial charge < -0.3 is 10.6 Å². The Labute approximate surface area is 126 Å². The smallest absolute Gasteiger partial charge is 0.244 e. The number of hydrogen-bond donors (Lipinski definition) is 2. The summed E-state index contributed by atoms with van der Waals surface area (Å²) in [6.07, 6.45) is 3.28. The molecule has 1 aliphatic heterocycles. The first kappa shape index (κ1) is 14.0. The van der Waals surface area contributed by atoms with Crippen LogP contribution in [-0.2, 0) is 4.79 Å². The SMILES string of the molecule is CC1(C(=O)Nc2cc(-n3cnnn3)ccc2Cl)CCCN1. The Kier molecular flexibility index (Phi) is 3.60. The Bertz CT molecular complexity index is 651. The second-order valence-corrected chi connectivity index (χ2v) is 5.64. The second kappa shape index (κ2) is 5.42. The number of carbonyl (C=O) groups excluding carboxylic acids is 1. The molecule has 1 atom stereocenters. The summed E-state index contributed by atoms with van der Waals surface area (Å²) in [7, 11) is 0. The van der Waals surface area contributed by atoms with Crippen molar-refractivity contribution in [3.63, 3.8) is 0 Å². The number of anilines is 1. The molecule has 7 nitrogen and oxygen atoms in total. The van der Waals surface area contributed by atoms with Crippen LogP contribution in [0, 0.1) is 0 Å². The van der Waals surface area contributed by atoms with E-state index in [9.17, 15) is 4.79 Å². The number of tetrazole rings is 1. The molecule has 0 radical (unpaired) electrons. The van der Waals surface area contributed by atoms with Crippen LogP contribution in [0.25, 0.3) is 5.69 Å². The van der Waals surface area contributed by atoms with Gasteiger partial charge >= 0.3 is 0 Å². The fourth-order valence-electron chi connectivity index (χ4n) is 2.38. The Morgan fingerprint density at radius 3 is 3.05 bits per heavy atom. The zero-order valence-electron chi connectivity index (χ0n) is 11.5. The standard InChI is InChI=1S/C13H15ClN6O/c1-13(5-2-6-15-13)12(21)17-11-7-9(3-4-10(11)14)20-8-16-18-19-20/h3-4,7-8,15H,2,5-6H2,1H3,(H,17,21). The van der Waals surface area contributed by atoms with Crippen LogP contribution in [0.3, 0.4) is 0 Å². The van der Waals surface area contributed by atoms with E-state index in [4.69, 9.17) is 11.6 Å². The molecule has 1 aromatic carbocycles. The Morgan fingerprint density at radius 1 is 1.52 bits per heavy atom. The molecule has 2 heterocycles. The van der Waals surface area contributed by atoms with Gasteiger partial charge in [0.2, 0.25) is 5.91 Å². The Hall–Kier alpha value is -1.99. The fraction of sp³-hybridized carbons (Fsp3) is 0.385. The topological polar surface area (TPSA) is 84.7 Å². The first-order valence-electron chi connectivity index (χ1n) is 6.68. The third-order valence-electron chi connectivity index (χ3n) is 3.68. The molecule has 1 saturated heterocycles. The number of aromatic nitrogens is 4. The van der Waals surface area contributed by atoms with Gasteiger partial charge in [0, 0.05) is 0 Å². The molecule has 21 heavy (non-hydrogen) atoms. The van der Waals surface area contributed by atoms with Gasteiger partial charge in [-0.15, -0.1) is 5.10 Å². The normalized spacial score (nSPS) is 21.4. The Morgan fingerprint density at radius 2 is 2.38 bits per heavy atom. The number of nitrogens with zero attached hydrogens (tertiary/aromatic N) is 4. The number of hydrogen-bond acceptors (Lipinski definition) is 5. The summed E-state index contributed by atoms with van der Waals surface area (Å²) in [5.74, 6) is -0.0873. The fourth-order valence-corrected chi connectivity index (χ4v) is 2.54. The number of carbonyl (C=O) groups is 1. The third-order valence-corrected chi connectivity index (χ3v) is 4.01. The maximum absolute atomic E-state index is 12.4. The molecule has 2 N–H and O–H groups in total. The van der Waals surface area contributed by atoms with Crippen molar-refractivity contribution in [3.8, 4) is 5.69 Å². The van der Waals surface area contributed by atoms with E-state index in [1.165, 1.54) is 11.0 Å². The van der Waals surface area contributed by atoms with Gasteiger partial charge in [0.25, 0.3) is 0 Å². The molecule has 2 aromatic rings. The summed E-state index contributed by atoms with van der Waals surface area (Å²) in [5, 5.41) is 17.6. The molecule has 1 fully saturated rings. The van der Waals surface area contributed by atoms with Crippen molar-refractivity contribution in [1.29, 1.82) is 0 Å². The van der Waals surface area contributed by atoms with Crippen LogP contribution < -0.4 is 10.6 Å². The van der Waals surface area contributed by atoms with E-state index >= 15 is 0 Å². The summed E-state index contributed by atoms with van der Waals surface area (Å²) in [4.78, 5) is 12.4. The lowest BCUT2D eigenvalue weighted by atomic mass is 9.99. The van der Waals surface area contributed by atoms with E-state index in [1.807, 2.05) is 6.92 Å². The first-order valence-corrected chi connectivity index (χ1v) is 7.06. The predicted octanol–water partition coefficient (Wildman–Crippen LogP) is 1.40. The zero-order valence-corrected chi connectivity index (χ0v) is 12.3. The Balaban J connectivity index is 1.85. The third kappa shape index (κ3) is 2.74. The average molecular weight is 307 g/mol. The lowest BCUT2D eigenvalue weighted by molar-refractivity contribution is -0.121. The van der Waals surface area contributed by atoms with Crippen LogP contribution in [0.15, 0.2) is 24.5 Å². The zero-order chi connectivity index (χ0) is 14.9. The number of amides is 1. The van der Waals surface area contributed by atoms with Gasteiger partial charge in [0.05, 0.1) is 21.9 Å². The van der Waals surface area contributed by atoms with Gasteiger partial charge in [-0.2, -0.15) is 0 Å². The van der Waals surface area contributed by atoms with E-state index < -0.39 is 5.54 Å². The van der Waals surface area contributed by atoms with Gasteiger partial charge in [0.15, 0.2) is 0 Å². The molecule has 0 aliphatic carbocycles. The summed E-state index contributed by atoms with van der Waals surface area (Å²) in [6, 6.07) is 5.23. The molecule has 1 unspecified atom stereocenters. The highest BCUT2D eigenvalue weighted by atomic mass is 35.5. The van der Waals surface area contributed by atoms with E-state index in [1.54, 1.807) is 18.2 Å². The van der Waals surface area contributed by atoms with Crippen LogP contribution in [-0.4, -0.2) is 38.2 Å². The van der Waals surface area contributed by atoms with E-state index in [0.717, 1.165) is 25.1 Å². The van der Waals surface area contributed by atoms with Crippen LogP contribution in [0.1, 0.15) is 19.8 Å². The van der Waals surface area contributed by atoms with Crippen molar-refractivity contribution < 1.29 is 4.79 Å². The number of nitrogens with one attached hydrogen (secondary N) is 2. The van der Waals surface area contributed by atoms with Crippen molar-refractivity contribution in [2.45, 2.75) is 25.3 Å². The quantitative estimate of drug-likeness (QED) is 0.895. The molecule has 3 rings (SSSR count). The number of benzene rings is 1. The highest BCUT2D eigenvalue weighted by Gasteiger charge is 2.36. The highest BCUT2D eigenvalue weighted by Crippen LogP contribution is 2.27. The van der Waals surface area contributed by atoms with Crippen LogP contribution >= 0.6 is 11.6 Å². The lowest BCUT2D eigenvalue weighted by Crippen LogP contribution is -2.48. The van der Waals surface area contributed by atoms with Crippen molar-refractivity contribution in [1.82, 2.24) is 25.5 Å². The first-order chi connectivity index (χ1) is 10.1. The van der Waals surface area contributed by atoms with Gasteiger partial charge in [-0.25, -0.2) is 4.68 Å². The molecule has 0 spiro atoms. The van der Waals surface area contributed by atoms with Crippen molar-refractivity contribution in [2.75, 3.05) is 11.9 Å². The second-order valence-electron chi connectivity index (χ2n) is 5.24.